The van der Waals surface area contributed by atoms with Gasteiger partial charge in [0, 0.05) is 5.02 Å². The molecule has 1 atom stereocenters. The molecule has 27 heavy (non-hydrogen) atoms. The molecule has 0 saturated heterocycles. The lowest BCUT2D eigenvalue weighted by Gasteiger charge is -2.23. The number of phenols is 1. The molecule has 0 radical (unpaired) electrons. The number of hydrogen-bond donors (Lipinski definition) is 1. The second-order valence-corrected chi connectivity index (χ2v) is 7.93. The minimum Gasteiger partial charge on any atom is -0.508 e. The van der Waals surface area contributed by atoms with E-state index in [0.717, 1.165) is 11.1 Å². The van der Waals surface area contributed by atoms with E-state index in [4.69, 9.17) is 16.3 Å². The Bertz CT molecular complexity index is 992. The van der Waals surface area contributed by atoms with Crippen molar-refractivity contribution in [3.63, 3.8) is 0 Å². The molecule has 0 fully saturated rings. The highest BCUT2D eigenvalue weighted by Crippen LogP contribution is 2.34. The third kappa shape index (κ3) is 4.06. The highest BCUT2D eigenvalue weighted by molar-refractivity contribution is 6.31. The van der Waals surface area contributed by atoms with E-state index in [1.54, 1.807) is 30.3 Å². The molecule has 1 heterocycles. The smallest absolute Gasteiger partial charge is 0.315 e. The number of benzene rings is 2. The number of halogens is 1. The number of carbonyl (C=O) groups is 1. The van der Waals surface area contributed by atoms with Crippen molar-refractivity contribution >= 4 is 28.6 Å². The first-order valence-electron chi connectivity index (χ1n) is 8.60. The molecule has 3 rings (SSSR count). The summed E-state index contributed by atoms with van der Waals surface area (Å²) in [6.45, 7) is 6.23. The van der Waals surface area contributed by atoms with Gasteiger partial charge in [0.15, 0.2) is 0 Å². The van der Waals surface area contributed by atoms with E-state index < -0.39 is 5.92 Å². The van der Waals surface area contributed by atoms with Crippen LogP contribution in [0.15, 0.2) is 36.4 Å². The van der Waals surface area contributed by atoms with Gasteiger partial charge in [0.2, 0.25) is 0 Å². The summed E-state index contributed by atoms with van der Waals surface area (Å²) in [4.78, 5) is 13.9. The van der Waals surface area contributed by atoms with Gasteiger partial charge in [0.1, 0.15) is 22.7 Å². The molecule has 0 amide bonds. The number of carbonyl (C=O) groups excluding carboxylic acids is 1. The number of fused-ring (bicyclic) bond motifs is 1. The highest BCUT2D eigenvalue weighted by atomic mass is 35.5. The highest BCUT2D eigenvalue weighted by Gasteiger charge is 2.26. The van der Waals surface area contributed by atoms with Crippen molar-refractivity contribution in [2.75, 3.05) is 7.11 Å². The summed E-state index contributed by atoms with van der Waals surface area (Å²) in [6.07, 6.45) is 0. The summed E-state index contributed by atoms with van der Waals surface area (Å²) in [6, 6.07) is 10.4. The van der Waals surface area contributed by atoms with Gasteiger partial charge in [-0.3, -0.25) is 4.79 Å². The van der Waals surface area contributed by atoms with Crippen molar-refractivity contribution in [2.45, 2.75) is 38.6 Å². The normalized spacial score (nSPS) is 12.9. The topological polar surface area (TPSA) is 77.2 Å². The molecule has 1 aromatic heterocycles. The van der Waals surface area contributed by atoms with Crippen molar-refractivity contribution in [3.8, 4) is 5.75 Å². The van der Waals surface area contributed by atoms with Crippen LogP contribution in [0.1, 0.15) is 37.8 Å². The van der Waals surface area contributed by atoms with Crippen LogP contribution in [0.25, 0.3) is 11.0 Å². The molecule has 0 aliphatic heterocycles. The van der Waals surface area contributed by atoms with Crippen LogP contribution in [0.4, 0.5) is 0 Å². The Kier molecular flexibility index (Phi) is 5.11. The summed E-state index contributed by atoms with van der Waals surface area (Å²) >= 11 is 6.00. The van der Waals surface area contributed by atoms with Crippen LogP contribution in [-0.4, -0.2) is 33.2 Å². The Morgan fingerprint density at radius 2 is 1.89 bits per heavy atom. The molecule has 7 heteroatoms. The minimum absolute atomic E-state index is 0.201. The Balaban J connectivity index is 2.00. The van der Waals surface area contributed by atoms with Gasteiger partial charge in [0.05, 0.1) is 13.7 Å². The SMILES string of the molecule is COC(=O)C(Cn1nc2ccc(Cl)cc2n1)c1ccc(O)c(C(C)(C)C)c1. The van der Waals surface area contributed by atoms with Crippen LogP contribution in [0.5, 0.6) is 5.75 Å². The molecular weight excluding hydrogens is 366 g/mol. The molecule has 142 valence electrons. The summed E-state index contributed by atoms with van der Waals surface area (Å²) in [5.74, 6) is -0.790. The van der Waals surface area contributed by atoms with Gasteiger partial charge in [-0.1, -0.05) is 44.5 Å². The molecule has 3 aromatic rings. The average molecular weight is 388 g/mol. The van der Waals surface area contributed by atoms with E-state index in [0.29, 0.717) is 16.1 Å². The lowest BCUT2D eigenvalue weighted by Crippen LogP contribution is -2.22. The van der Waals surface area contributed by atoms with Crippen molar-refractivity contribution < 1.29 is 14.6 Å². The predicted molar refractivity (Wildman–Crippen MR) is 104 cm³/mol. The third-order valence-corrected chi connectivity index (χ3v) is 4.68. The number of phenolic OH excluding ortho intramolecular Hbond substituents is 1. The maximum Gasteiger partial charge on any atom is 0.315 e. The Labute approximate surface area is 162 Å². The fourth-order valence-corrected chi connectivity index (χ4v) is 3.17. The van der Waals surface area contributed by atoms with Gasteiger partial charge in [-0.15, -0.1) is 0 Å². The molecule has 0 saturated carbocycles. The summed E-state index contributed by atoms with van der Waals surface area (Å²) in [7, 11) is 1.35. The second-order valence-electron chi connectivity index (χ2n) is 7.49. The lowest BCUT2D eigenvalue weighted by molar-refractivity contribution is -0.142. The first-order chi connectivity index (χ1) is 12.7. The maximum absolute atomic E-state index is 12.5. The fraction of sp³-hybridized carbons (Fsp3) is 0.350. The monoisotopic (exact) mass is 387 g/mol. The Hall–Kier alpha value is -2.60. The number of aromatic hydroxyl groups is 1. The van der Waals surface area contributed by atoms with E-state index in [-0.39, 0.29) is 23.7 Å². The zero-order valence-corrected chi connectivity index (χ0v) is 16.5. The van der Waals surface area contributed by atoms with E-state index in [1.165, 1.54) is 11.9 Å². The van der Waals surface area contributed by atoms with Crippen LogP contribution >= 0.6 is 11.6 Å². The van der Waals surface area contributed by atoms with E-state index >= 15 is 0 Å². The summed E-state index contributed by atoms with van der Waals surface area (Å²) < 4.78 is 5.00. The third-order valence-electron chi connectivity index (χ3n) is 4.45. The maximum atomic E-state index is 12.5. The molecule has 0 bridgehead atoms. The number of esters is 1. The molecule has 1 unspecified atom stereocenters. The first-order valence-corrected chi connectivity index (χ1v) is 8.98. The Morgan fingerprint density at radius 1 is 1.19 bits per heavy atom. The molecule has 6 nitrogen and oxygen atoms in total. The quantitative estimate of drug-likeness (QED) is 0.683. The van der Waals surface area contributed by atoms with Crippen molar-refractivity contribution in [1.29, 1.82) is 0 Å². The number of methoxy groups -OCH3 is 1. The number of hydrogen-bond acceptors (Lipinski definition) is 5. The van der Waals surface area contributed by atoms with E-state index in [9.17, 15) is 9.90 Å². The standard InChI is InChI=1S/C20H22ClN3O3/c1-20(2,3)15-9-12(5-8-18(15)25)14(19(26)27-4)11-24-22-16-7-6-13(21)10-17(16)23-24/h5-10,14,25H,11H2,1-4H3. The summed E-state index contributed by atoms with van der Waals surface area (Å²) in [5.41, 5.74) is 2.59. The minimum atomic E-state index is -0.603. The molecule has 2 aromatic carbocycles. The van der Waals surface area contributed by atoms with E-state index in [1.807, 2.05) is 26.8 Å². The zero-order chi connectivity index (χ0) is 19.8. The molecule has 1 N–H and O–H groups in total. The van der Waals surface area contributed by atoms with Gasteiger partial charge in [0.25, 0.3) is 0 Å². The first kappa shape index (κ1) is 19.2. The van der Waals surface area contributed by atoms with Crippen molar-refractivity contribution in [3.05, 3.63) is 52.5 Å². The molecule has 0 aliphatic carbocycles. The zero-order valence-electron chi connectivity index (χ0n) is 15.7. The van der Waals surface area contributed by atoms with E-state index in [2.05, 4.69) is 10.2 Å². The predicted octanol–water partition coefficient (Wildman–Crippen LogP) is 4.04. The summed E-state index contributed by atoms with van der Waals surface area (Å²) in [5, 5.41) is 19.6. The number of ether oxygens (including phenoxy) is 1. The number of aromatic nitrogens is 3. The number of nitrogens with zero attached hydrogens (tertiary/aromatic N) is 3. The average Bonchev–Trinajstić information content (AvgIpc) is 3.00. The van der Waals surface area contributed by atoms with Gasteiger partial charge >= 0.3 is 5.97 Å². The van der Waals surface area contributed by atoms with Crippen LogP contribution in [0.2, 0.25) is 5.02 Å². The second kappa shape index (κ2) is 7.19. The van der Waals surface area contributed by atoms with Gasteiger partial charge in [-0.25, -0.2) is 0 Å². The van der Waals surface area contributed by atoms with Crippen molar-refractivity contribution in [2.24, 2.45) is 0 Å². The van der Waals surface area contributed by atoms with Crippen LogP contribution < -0.4 is 0 Å². The fourth-order valence-electron chi connectivity index (χ4n) is 3.01. The van der Waals surface area contributed by atoms with Gasteiger partial charge < -0.3 is 9.84 Å². The van der Waals surface area contributed by atoms with Crippen LogP contribution in [0.3, 0.4) is 0 Å². The Morgan fingerprint density at radius 3 is 2.56 bits per heavy atom. The molecule has 0 spiro atoms. The van der Waals surface area contributed by atoms with Crippen LogP contribution in [0, 0.1) is 0 Å². The van der Waals surface area contributed by atoms with Crippen LogP contribution in [-0.2, 0) is 21.5 Å². The van der Waals surface area contributed by atoms with Crippen molar-refractivity contribution in [1.82, 2.24) is 15.0 Å². The molecule has 0 aliphatic rings. The molecular formula is C20H22ClN3O3. The van der Waals surface area contributed by atoms with Gasteiger partial charge in [-0.05, 0) is 40.8 Å². The number of rotatable bonds is 4. The van der Waals surface area contributed by atoms with Gasteiger partial charge in [-0.2, -0.15) is 15.0 Å². The largest absolute Gasteiger partial charge is 0.508 e. The lowest BCUT2D eigenvalue weighted by atomic mass is 9.83.